The minimum absolute atomic E-state index is 0.184. The summed E-state index contributed by atoms with van der Waals surface area (Å²) in [6.07, 6.45) is 1.06. The van der Waals surface area contributed by atoms with E-state index in [1.807, 2.05) is 0 Å². The molecule has 5 heteroatoms. The summed E-state index contributed by atoms with van der Waals surface area (Å²) >= 11 is 1.34. The van der Waals surface area contributed by atoms with Crippen LogP contribution in [-0.4, -0.2) is 18.7 Å². The third-order valence-corrected chi connectivity index (χ3v) is 2.73. The molecule has 0 spiro atoms. The molecule has 0 bridgehead atoms. The third kappa shape index (κ3) is 3.85. The predicted octanol–water partition coefficient (Wildman–Crippen LogP) is 1.17. The van der Waals surface area contributed by atoms with Crippen LogP contribution in [0.1, 0.15) is 12.0 Å². The lowest BCUT2D eigenvalue weighted by Gasteiger charge is -1.94. The first-order valence-electron chi connectivity index (χ1n) is 3.39. The van der Waals surface area contributed by atoms with Crippen LogP contribution in [0.2, 0.25) is 0 Å². The molecule has 3 nitrogen and oxygen atoms in total. The van der Waals surface area contributed by atoms with Crippen LogP contribution in [0.15, 0.2) is 6.07 Å². The number of rotatable bonds is 4. The van der Waals surface area contributed by atoms with Crippen LogP contribution >= 0.6 is 11.3 Å². The summed E-state index contributed by atoms with van der Waals surface area (Å²) in [6, 6.07) is 1.77. The van der Waals surface area contributed by atoms with Crippen molar-refractivity contribution in [2.45, 2.75) is 12.8 Å². The smallest absolute Gasteiger partial charge is 0.264 e. The normalized spacial score (nSPS) is 11.8. The molecule has 1 rings (SSSR count). The molecule has 1 heterocycles. The van der Waals surface area contributed by atoms with Gasteiger partial charge < -0.3 is 0 Å². The van der Waals surface area contributed by atoms with Gasteiger partial charge in [-0.15, -0.1) is 11.3 Å². The summed E-state index contributed by atoms with van der Waals surface area (Å²) in [5.74, 6) is -0.184. The van der Waals surface area contributed by atoms with Crippen LogP contribution in [0.25, 0.3) is 0 Å². The maximum Gasteiger partial charge on any atom is 0.264 e. The van der Waals surface area contributed by atoms with Gasteiger partial charge in [0.2, 0.25) is 0 Å². The third-order valence-electron chi connectivity index (χ3n) is 1.32. The molecule has 0 aliphatic heterocycles. The first-order valence-corrected chi connectivity index (χ1v) is 5.82. The number of thiophene rings is 1. The average Bonchev–Trinajstić information content (AvgIpc) is 2.36. The second-order valence-electron chi connectivity index (χ2n) is 2.38. The van der Waals surface area contributed by atoms with E-state index >= 15 is 0 Å². The highest BCUT2D eigenvalue weighted by molar-refractivity contribution is 7.85. The maximum atomic E-state index is 10.3. The summed E-state index contributed by atoms with van der Waals surface area (Å²) in [7, 11) is -3.80. The average molecular weight is 204 g/mol. The SMILES string of the molecule is O=S(=O)(O)CCCc1[c]s[c]c1. The van der Waals surface area contributed by atoms with Gasteiger partial charge in [0, 0.05) is 10.8 Å². The standard InChI is InChI=1S/C7H8O3S2/c8-12(9,10)5-1-2-7-3-4-11-6-7/h3H,1-2,5H2,(H,8,9,10). The minimum atomic E-state index is -3.80. The highest BCUT2D eigenvalue weighted by atomic mass is 32.2. The molecule has 66 valence electrons. The molecule has 0 saturated carbocycles. The Labute approximate surface area is 75.8 Å². The molecular weight excluding hydrogens is 196 g/mol. The van der Waals surface area contributed by atoms with Gasteiger partial charge in [0.15, 0.2) is 0 Å². The molecule has 0 aliphatic rings. The van der Waals surface area contributed by atoms with Gasteiger partial charge in [-0.05, 0) is 24.5 Å². The molecule has 0 fully saturated rings. The topological polar surface area (TPSA) is 54.4 Å². The largest absolute Gasteiger partial charge is 0.286 e. The number of hydrogen-bond donors (Lipinski definition) is 1. The van der Waals surface area contributed by atoms with Crippen LogP contribution in [0, 0.1) is 10.8 Å². The van der Waals surface area contributed by atoms with E-state index in [0.717, 1.165) is 5.56 Å². The molecular formula is C7H8O3S2. The summed E-state index contributed by atoms with van der Waals surface area (Å²) in [5.41, 5.74) is 0.948. The van der Waals surface area contributed by atoms with E-state index in [1.165, 1.54) is 11.3 Å². The van der Waals surface area contributed by atoms with E-state index in [1.54, 1.807) is 6.07 Å². The van der Waals surface area contributed by atoms with Crippen LogP contribution < -0.4 is 0 Å². The van der Waals surface area contributed by atoms with E-state index < -0.39 is 10.1 Å². The summed E-state index contributed by atoms with van der Waals surface area (Å²) in [4.78, 5) is 0. The zero-order chi connectivity index (χ0) is 9.03. The van der Waals surface area contributed by atoms with E-state index in [0.29, 0.717) is 12.8 Å². The van der Waals surface area contributed by atoms with Gasteiger partial charge in [-0.3, -0.25) is 4.55 Å². The van der Waals surface area contributed by atoms with Crippen LogP contribution in [0.4, 0.5) is 0 Å². The number of aryl methyl sites for hydroxylation is 1. The van der Waals surface area contributed by atoms with Crippen LogP contribution in [0.3, 0.4) is 0 Å². The van der Waals surface area contributed by atoms with Crippen LogP contribution in [-0.2, 0) is 16.5 Å². The van der Waals surface area contributed by atoms with Crippen molar-refractivity contribution in [1.29, 1.82) is 0 Å². The van der Waals surface area contributed by atoms with Crippen LogP contribution in [0.5, 0.6) is 0 Å². The van der Waals surface area contributed by atoms with Crippen molar-refractivity contribution in [2.24, 2.45) is 0 Å². The van der Waals surface area contributed by atoms with Crippen molar-refractivity contribution in [3.8, 4) is 0 Å². The van der Waals surface area contributed by atoms with E-state index in [2.05, 4.69) is 10.8 Å². The Bertz CT molecular complexity index is 312. The van der Waals surface area contributed by atoms with Gasteiger partial charge >= 0.3 is 0 Å². The summed E-state index contributed by atoms with van der Waals surface area (Å²) in [6.45, 7) is 0. The zero-order valence-electron chi connectivity index (χ0n) is 6.28. The lowest BCUT2D eigenvalue weighted by atomic mass is 10.2. The van der Waals surface area contributed by atoms with Crippen molar-refractivity contribution >= 4 is 21.5 Å². The second kappa shape index (κ2) is 4.02. The lowest BCUT2D eigenvalue weighted by molar-refractivity contribution is 0.481. The summed E-state index contributed by atoms with van der Waals surface area (Å²) in [5, 5.41) is 5.78. The second-order valence-corrected chi connectivity index (χ2v) is 4.60. The van der Waals surface area contributed by atoms with Gasteiger partial charge in [-0.1, -0.05) is 0 Å². The van der Waals surface area contributed by atoms with Gasteiger partial charge in [0.25, 0.3) is 10.1 Å². The molecule has 0 aliphatic carbocycles. The Morgan fingerprint density at radius 1 is 1.58 bits per heavy atom. The Balaban J connectivity index is 2.29. The maximum absolute atomic E-state index is 10.3. The molecule has 12 heavy (non-hydrogen) atoms. The Morgan fingerprint density at radius 3 is 2.83 bits per heavy atom. The zero-order valence-corrected chi connectivity index (χ0v) is 7.91. The lowest BCUT2D eigenvalue weighted by Crippen LogP contribution is -2.04. The number of hydrogen-bond acceptors (Lipinski definition) is 3. The molecule has 1 aromatic rings. The molecule has 1 N–H and O–H groups in total. The Kier molecular flexibility index (Phi) is 3.25. The van der Waals surface area contributed by atoms with Gasteiger partial charge in [-0.25, -0.2) is 0 Å². The fourth-order valence-corrected chi connectivity index (χ4v) is 1.85. The molecule has 0 unspecified atom stereocenters. The van der Waals surface area contributed by atoms with Gasteiger partial charge in [0.05, 0.1) is 5.75 Å². The van der Waals surface area contributed by atoms with Gasteiger partial charge in [-0.2, -0.15) is 8.42 Å². The Hall–Kier alpha value is -0.390. The fraction of sp³-hybridized carbons (Fsp3) is 0.429. The minimum Gasteiger partial charge on any atom is -0.286 e. The van der Waals surface area contributed by atoms with Crippen molar-refractivity contribution in [2.75, 3.05) is 5.75 Å². The highest BCUT2D eigenvalue weighted by Crippen LogP contribution is 2.06. The molecule has 0 atom stereocenters. The first-order chi connectivity index (χ1) is 5.58. The first kappa shape index (κ1) is 9.70. The van der Waals surface area contributed by atoms with E-state index in [4.69, 9.17) is 4.55 Å². The van der Waals surface area contributed by atoms with E-state index in [9.17, 15) is 8.42 Å². The summed E-state index contributed by atoms with van der Waals surface area (Å²) < 4.78 is 29.0. The quantitative estimate of drug-likeness (QED) is 0.749. The molecule has 0 saturated heterocycles. The predicted molar refractivity (Wildman–Crippen MR) is 46.7 cm³/mol. The van der Waals surface area contributed by atoms with Gasteiger partial charge in [0.1, 0.15) is 0 Å². The van der Waals surface area contributed by atoms with Crippen molar-refractivity contribution < 1.29 is 13.0 Å². The molecule has 2 radical (unpaired) electrons. The highest BCUT2D eigenvalue weighted by Gasteiger charge is 2.03. The van der Waals surface area contributed by atoms with Crippen molar-refractivity contribution in [3.63, 3.8) is 0 Å². The molecule has 0 aromatic carbocycles. The van der Waals surface area contributed by atoms with Crippen molar-refractivity contribution in [3.05, 3.63) is 22.4 Å². The monoisotopic (exact) mass is 204 g/mol. The fourth-order valence-electron chi connectivity index (χ4n) is 0.793. The molecule has 1 aromatic heterocycles. The van der Waals surface area contributed by atoms with Crippen molar-refractivity contribution in [1.82, 2.24) is 0 Å². The Morgan fingerprint density at radius 2 is 2.33 bits per heavy atom. The molecule has 0 amide bonds. The van der Waals surface area contributed by atoms with E-state index in [-0.39, 0.29) is 5.75 Å².